The van der Waals surface area contributed by atoms with Gasteiger partial charge in [-0.05, 0) is 33.4 Å². The van der Waals surface area contributed by atoms with Gasteiger partial charge in [-0.2, -0.15) is 13.2 Å². The molecular formula is C10H19F3N2. The van der Waals surface area contributed by atoms with Crippen LogP contribution in [0.4, 0.5) is 13.2 Å². The zero-order valence-corrected chi connectivity index (χ0v) is 9.32. The van der Waals surface area contributed by atoms with E-state index < -0.39 is 12.6 Å². The molecule has 15 heavy (non-hydrogen) atoms. The Morgan fingerprint density at radius 2 is 2.00 bits per heavy atom. The SMILES string of the molecule is CC1(C)CN(CCC(F)(F)F)CCCN1. The second-order valence-electron chi connectivity index (χ2n) is 4.81. The first-order valence-electron chi connectivity index (χ1n) is 5.33. The van der Waals surface area contributed by atoms with Crippen molar-refractivity contribution in [3.8, 4) is 0 Å². The fourth-order valence-electron chi connectivity index (χ4n) is 1.90. The number of nitrogens with one attached hydrogen (secondary N) is 1. The summed E-state index contributed by atoms with van der Waals surface area (Å²) in [5.41, 5.74) is -0.0813. The lowest BCUT2D eigenvalue weighted by Crippen LogP contribution is -2.46. The summed E-state index contributed by atoms with van der Waals surface area (Å²) in [4.78, 5) is 1.90. The molecule has 90 valence electrons. The van der Waals surface area contributed by atoms with E-state index in [0.717, 1.165) is 19.5 Å². The van der Waals surface area contributed by atoms with Crippen LogP contribution >= 0.6 is 0 Å². The van der Waals surface area contributed by atoms with Gasteiger partial charge in [-0.1, -0.05) is 0 Å². The molecule has 0 amide bonds. The minimum atomic E-state index is -4.04. The van der Waals surface area contributed by atoms with Crippen molar-refractivity contribution < 1.29 is 13.2 Å². The van der Waals surface area contributed by atoms with Crippen molar-refractivity contribution in [2.45, 2.75) is 38.4 Å². The summed E-state index contributed by atoms with van der Waals surface area (Å²) < 4.78 is 36.2. The maximum atomic E-state index is 12.1. The fourth-order valence-corrected chi connectivity index (χ4v) is 1.90. The number of rotatable bonds is 2. The smallest absolute Gasteiger partial charge is 0.310 e. The van der Waals surface area contributed by atoms with Crippen LogP contribution in [0.25, 0.3) is 0 Å². The third kappa shape index (κ3) is 5.37. The van der Waals surface area contributed by atoms with E-state index in [-0.39, 0.29) is 12.1 Å². The van der Waals surface area contributed by atoms with E-state index in [0.29, 0.717) is 6.54 Å². The quantitative estimate of drug-likeness (QED) is 0.772. The molecule has 0 aliphatic carbocycles. The Kier molecular flexibility index (Phi) is 4.00. The Balaban J connectivity index is 2.40. The van der Waals surface area contributed by atoms with E-state index >= 15 is 0 Å². The van der Waals surface area contributed by atoms with Gasteiger partial charge in [-0.15, -0.1) is 0 Å². The highest BCUT2D eigenvalue weighted by atomic mass is 19.4. The maximum Gasteiger partial charge on any atom is 0.390 e. The number of nitrogens with zero attached hydrogens (tertiary/aromatic N) is 1. The van der Waals surface area contributed by atoms with Crippen molar-refractivity contribution in [1.82, 2.24) is 10.2 Å². The maximum absolute atomic E-state index is 12.1. The van der Waals surface area contributed by atoms with Gasteiger partial charge < -0.3 is 10.2 Å². The lowest BCUT2D eigenvalue weighted by molar-refractivity contribution is -0.138. The first-order chi connectivity index (χ1) is 6.79. The molecule has 1 N–H and O–H groups in total. The van der Waals surface area contributed by atoms with E-state index in [2.05, 4.69) is 5.32 Å². The Bertz CT molecular complexity index is 201. The van der Waals surface area contributed by atoms with Gasteiger partial charge in [-0.25, -0.2) is 0 Å². The van der Waals surface area contributed by atoms with Gasteiger partial charge in [0.1, 0.15) is 0 Å². The van der Waals surface area contributed by atoms with Crippen molar-refractivity contribution in [3.05, 3.63) is 0 Å². The highest BCUT2D eigenvalue weighted by Gasteiger charge is 2.30. The van der Waals surface area contributed by atoms with Crippen molar-refractivity contribution in [1.29, 1.82) is 0 Å². The molecule has 0 radical (unpaired) electrons. The van der Waals surface area contributed by atoms with Crippen LogP contribution < -0.4 is 5.32 Å². The number of hydrogen-bond acceptors (Lipinski definition) is 2. The Hall–Kier alpha value is -0.290. The second-order valence-corrected chi connectivity index (χ2v) is 4.81. The van der Waals surface area contributed by atoms with Gasteiger partial charge in [-0.3, -0.25) is 0 Å². The Morgan fingerprint density at radius 3 is 2.60 bits per heavy atom. The molecule has 0 bridgehead atoms. The second kappa shape index (κ2) is 4.70. The van der Waals surface area contributed by atoms with Crippen LogP contribution in [0.2, 0.25) is 0 Å². The van der Waals surface area contributed by atoms with Crippen LogP contribution in [0.15, 0.2) is 0 Å². The average Bonchev–Trinajstić information content (AvgIpc) is 2.21. The minimum absolute atomic E-state index is 0.0813. The molecule has 0 unspecified atom stereocenters. The lowest BCUT2D eigenvalue weighted by Gasteiger charge is -2.30. The summed E-state index contributed by atoms with van der Waals surface area (Å²) in [6.07, 6.45) is -3.83. The highest BCUT2D eigenvalue weighted by Crippen LogP contribution is 2.21. The van der Waals surface area contributed by atoms with Crippen LogP contribution in [0, 0.1) is 0 Å². The molecule has 0 atom stereocenters. The average molecular weight is 224 g/mol. The molecule has 1 rings (SSSR count). The number of hydrogen-bond donors (Lipinski definition) is 1. The molecule has 0 saturated carbocycles. The summed E-state index contributed by atoms with van der Waals surface area (Å²) in [5, 5.41) is 3.33. The highest BCUT2D eigenvalue weighted by molar-refractivity contribution is 4.84. The third-order valence-corrected chi connectivity index (χ3v) is 2.59. The molecule has 0 spiro atoms. The van der Waals surface area contributed by atoms with Crippen LogP contribution in [-0.4, -0.2) is 42.8 Å². The van der Waals surface area contributed by atoms with Crippen molar-refractivity contribution in [2.24, 2.45) is 0 Å². The molecule has 1 aliphatic rings. The van der Waals surface area contributed by atoms with Gasteiger partial charge in [0.2, 0.25) is 0 Å². The van der Waals surface area contributed by atoms with Crippen LogP contribution in [0.1, 0.15) is 26.7 Å². The topological polar surface area (TPSA) is 15.3 Å². The van der Waals surface area contributed by atoms with Crippen molar-refractivity contribution in [3.63, 3.8) is 0 Å². The monoisotopic (exact) mass is 224 g/mol. The fraction of sp³-hybridized carbons (Fsp3) is 1.00. The van der Waals surface area contributed by atoms with Gasteiger partial charge >= 0.3 is 6.18 Å². The first-order valence-corrected chi connectivity index (χ1v) is 5.33. The molecule has 1 aliphatic heterocycles. The zero-order valence-electron chi connectivity index (χ0n) is 9.32. The molecule has 0 aromatic carbocycles. The molecule has 0 aromatic heterocycles. The van der Waals surface area contributed by atoms with Crippen LogP contribution in [0.3, 0.4) is 0 Å². The van der Waals surface area contributed by atoms with E-state index in [9.17, 15) is 13.2 Å². The first kappa shape index (κ1) is 12.8. The summed E-state index contributed by atoms with van der Waals surface area (Å²) in [7, 11) is 0. The molecular weight excluding hydrogens is 205 g/mol. The minimum Gasteiger partial charge on any atom is -0.310 e. The number of halogens is 3. The summed E-state index contributed by atoms with van der Waals surface area (Å²) in [6, 6.07) is 0. The summed E-state index contributed by atoms with van der Waals surface area (Å²) in [6.45, 7) is 6.50. The largest absolute Gasteiger partial charge is 0.390 e. The van der Waals surface area contributed by atoms with Crippen LogP contribution in [-0.2, 0) is 0 Å². The lowest BCUT2D eigenvalue weighted by atomic mass is 10.1. The molecule has 1 saturated heterocycles. The van der Waals surface area contributed by atoms with Gasteiger partial charge in [0.05, 0.1) is 6.42 Å². The van der Waals surface area contributed by atoms with Crippen LogP contribution in [0.5, 0.6) is 0 Å². The molecule has 0 aromatic rings. The molecule has 2 nitrogen and oxygen atoms in total. The van der Waals surface area contributed by atoms with Crippen molar-refractivity contribution in [2.75, 3.05) is 26.2 Å². The van der Waals surface area contributed by atoms with Gasteiger partial charge in [0, 0.05) is 18.6 Å². The van der Waals surface area contributed by atoms with E-state index in [1.54, 1.807) is 0 Å². The van der Waals surface area contributed by atoms with Gasteiger partial charge in [0.15, 0.2) is 0 Å². The third-order valence-electron chi connectivity index (χ3n) is 2.59. The van der Waals surface area contributed by atoms with E-state index in [1.807, 2.05) is 18.7 Å². The Morgan fingerprint density at radius 1 is 1.33 bits per heavy atom. The summed E-state index contributed by atoms with van der Waals surface area (Å²) >= 11 is 0. The molecule has 1 heterocycles. The van der Waals surface area contributed by atoms with Gasteiger partial charge in [0.25, 0.3) is 0 Å². The normalized spacial score (nSPS) is 23.8. The molecule has 5 heteroatoms. The predicted molar refractivity (Wildman–Crippen MR) is 53.8 cm³/mol. The van der Waals surface area contributed by atoms with E-state index in [1.165, 1.54) is 0 Å². The Labute approximate surface area is 88.8 Å². The number of alkyl halides is 3. The predicted octanol–water partition coefficient (Wildman–Crippen LogP) is 2.01. The molecule has 1 fully saturated rings. The zero-order chi connectivity index (χ0) is 11.5. The van der Waals surface area contributed by atoms with Crippen molar-refractivity contribution >= 4 is 0 Å². The summed E-state index contributed by atoms with van der Waals surface area (Å²) in [5.74, 6) is 0. The standard InChI is InChI=1S/C10H19F3N2/c1-9(2)8-15(6-3-5-14-9)7-4-10(11,12)13/h14H,3-8H2,1-2H3. The van der Waals surface area contributed by atoms with E-state index in [4.69, 9.17) is 0 Å².